The van der Waals surface area contributed by atoms with Crippen LogP contribution in [-0.2, 0) is 0 Å². The second kappa shape index (κ2) is 7.85. The summed E-state index contributed by atoms with van der Waals surface area (Å²) < 4.78 is 5.60. The fourth-order valence-corrected chi connectivity index (χ4v) is 1.66. The molecular weight excluding hydrogens is 214 g/mol. The first-order valence-electron chi connectivity index (χ1n) is 6.20. The van der Waals surface area contributed by atoms with Crippen LogP contribution in [0.3, 0.4) is 0 Å². The predicted molar refractivity (Wildman–Crippen MR) is 69.7 cm³/mol. The first kappa shape index (κ1) is 13.7. The second-order valence-electron chi connectivity index (χ2n) is 3.92. The molecule has 0 saturated heterocycles. The lowest BCUT2D eigenvalue weighted by atomic mass is 10.2. The number of carbonyl (C=O) groups excluding carboxylic acids is 1. The van der Waals surface area contributed by atoms with Gasteiger partial charge in [-0.15, -0.1) is 0 Å². The molecule has 1 aromatic carbocycles. The average Bonchev–Trinajstić information content (AvgIpc) is 2.40. The Hall–Kier alpha value is -1.35. The number of ether oxygens (including phenoxy) is 1. The number of benzene rings is 1. The molecule has 0 N–H and O–H groups in total. The SMILES string of the molecule is CCN(CC)CCCOc1ccc(C=O)cc1. The first-order chi connectivity index (χ1) is 8.30. The van der Waals surface area contributed by atoms with Crippen LogP contribution in [0.2, 0.25) is 0 Å². The van der Waals surface area contributed by atoms with E-state index in [0.717, 1.165) is 44.7 Å². The third-order valence-electron chi connectivity index (χ3n) is 2.80. The highest BCUT2D eigenvalue weighted by Crippen LogP contribution is 2.11. The van der Waals surface area contributed by atoms with Gasteiger partial charge in [0, 0.05) is 12.1 Å². The van der Waals surface area contributed by atoms with Crippen molar-refractivity contribution < 1.29 is 9.53 Å². The summed E-state index contributed by atoms with van der Waals surface area (Å²) in [5.74, 6) is 0.829. The van der Waals surface area contributed by atoms with E-state index >= 15 is 0 Å². The number of nitrogens with zero attached hydrogens (tertiary/aromatic N) is 1. The van der Waals surface area contributed by atoms with Gasteiger partial charge in [0.15, 0.2) is 0 Å². The molecule has 0 saturated carbocycles. The van der Waals surface area contributed by atoms with Crippen LogP contribution in [0.1, 0.15) is 30.6 Å². The lowest BCUT2D eigenvalue weighted by Crippen LogP contribution is -2.25. The van der Waals surface area contributed by atoms with E-state index in [1.165, 1.54) is 0 Å². The van der Waals surface area contributed by atoms with Crippen LogP contribution in [0.5, 0.6) is 5.75 Å². The normalized spacial score (nSPS) is 10.5. The number of carbonyl (C=O) groups is 1. The van der Waals surface area contributed by atoms with Gasteiger partial charge in [-0.1, -0.05) is 13.8 Å². The van der Waals surface area contributed by atoms with E-state index in [4.69, 9.17) is 4.74 Å². The van der Waals surface area contributed by atoms with Crippen LogP contribution < -0.4 is 4.74 Å². The zero-order chi connectivity index (χ0) is 12.5. The first-order valence-corrected chi connectivity index (χ1v) is 6.20. The summed E-state index contributed by atoms with van der Waals surface area (Å²) >= 11 is 0. The van der Waals surface area contributed by atoms with Crippen molar-refractivity contribution in [3.8, 4) is 5.75 Å². The molecule has 0 aliphatic rings. The molecule has 1 aromatic rings. The van der Waals surface area contributed by atoms with Crippen LogP contribution in [0, 0.1) is 0 Å². The largest absolute Gasteiger partial charge is 0.494 e. The summed E-state index contributed by atoms with van der Waals surface area (Å²) in [5, 5.41) is 0. The van der Waals surface area contributed by atoms with Gasteiger partial charge in [-0.25, -0.2) is 0 Å². The Bertz CT molecular complexity index is 317. The zero-order valence-corrected chi connectivity index (χ0v) is 10.7. The molecule has 0 heterocycles. The van der Waals surface area contributed by atoms with Gasteiger partial charge in [0.2, 0.25) is 0 Å². The number of hydrogen-bond acceptors (Lipinski definition) is 3. The molecule has 0 unspecified atom stereocenters. The van der Waals surface area contributed by atoms with Gasteiger partial charge < -0.3 is 9.64 Å². The Kier molecular flexibility index (Phi) is 6.33. The minimum absolute atomic E-state index is 0.681. The highest BCUT2D eigenvalue weighted by Gasteiger charge is 1.99. The maximum absolute atomic E-state index is 10.5. The van der Waals surface area contributed by atoms with Crippen molar-refractivity contribution in [3.63, 3.8) is 0 Å². The van der Waals surface area contributed by atoms with Gasteiger partial charge in [0.25, 0.3) is 0 Å². The van der Waals surface area contributed by atoms with Gasteiger partial charge in [-0.2, -0.15) is 0 Å². The van der Waals surface area contributed by atoms with E-state index in [9.17, 15) is 4.79 Å². The van der Waals surface area contributed by atoms with E-state index in [2.05, 4.69) is 18.7 Å². The van der Waals surface area contributed by atoms with E-state index < -0.39 is 0 Å². The number of rotatable bonds is 8. The molecule has 3 nitrogen and oxygen atoms in total. The van der Waals surface area contributed by atoms with Crippen LogP contribution in [-0.4, -0.2) is 37.4 Å². The van der Waals surface area contributed by atoms with Crippen molar-refractivity contribution in [1.29, 1.82) is 0 Å². The number of hydrogen-bond donors (Lipinski definition) is 0. The maximum atomic E-state index is 10.5. The quantitative estimate of drug-likeness (QED) is 0.512. The van der Waals surface area contributed by atoms with Crippen molar-refractivity contribution in [1.82, 2.24) is 4.90 Å². The van der Waals surface area contributed by atoms with Gasteiger partial charge in [-0.05, 0) is 43.8 Å². The molecular formula is C14H21NO2. The molecule has 0 aromatic heterocycles. The topological polar surface area (TPSA) is 29.5 Å². The molecule has 0 aliphatic carbocycles. The third kappa shape index (κ3) is 5.00. The molecule has 0 radical (unpaired) electrons. The van der Waals surface area contributed by atoms with Crippen molar-refractivity contribution in [3.05, 3.63) is 29.8 Å². The molecule has 17 heavy (non-hydrogen) atoms. The van der Waals surface area contributed by atoms with E-state index in [0.29, 0.717) is 5.56 Å². The van der Waals surface area contributed by atoms with Crippen molar-refractivity contribution in [2.24, 2.45) is 0 Å². The zero-order valence-electron chi connectivity index (χ0n) is 10.7. The lowest BCUT2D eigenvalue weighted by Gasteiger charge is -2.17. The minimum Gasteiger partial charge on any atom is -0.494 e. The fraction of sp³-hybridized carbons (Fsp3) is 0.500. The summed E-state index contributed by atoms with van der Waals surface area (Å²) in [6.45, 7) is 8.30. The van der Waals surface area contributed by atoms with Gasteiger partial charge >= 0.3 is 0 Å². The van der Waals surface area contributed by atoms with Crippen LogP contribution in [0.15, 0.2) is 24.3 Å². The van der Waals surface area contributed by atoms with E-state index in [1.807, 2.05) is 12.1 Å². The molecule has 0 amide bonds. The summed E-state index contributed by atoms with van der Waals surface area (Å²) in [6, 6.07) is 7.21. The highest BCUT2D eigenvalue weighted by atomic mass is 16.5. The minimum atomic E-state index is 0.681. The molecule has 94 valence electrons. The Morgan fingerprint density at radius 2 is 1.82 bits per heavy atom. The molecule has 0 spiro atoms. The Labute approximate surface area is 103 Å². The summed E-state index contributed by atoms with van der Waals surface area (Å²) in [6.07, 6.45) is 1.86. The second-order valence-corrected chi connectivity index (χ2v) is 3.92. The third-order valence-corrected chi connectivity index (χ3v) is 2.80. The van der Waals surface area contributed by atoms with Crippen LogP contribution >= 0.6 is 0 Å². The van der Waals surface area contributed by atoms with Gasteiger partial charge in [0.05, 0.1) is 6.61 Å². The lowest BCUT2D eigenvalue weighted by molar-refractivity contribution is 0.112. The molecule has 3 heteroatoms. The monoisotopic (exact) mass is 235 g/mol. The van der Waals surface area contributed by atoms with Crippen molar-refractivity contribution >= 4 is 6.29 Å². The molecule has 0 fully saturated rings. The average molecular weight is 235 g/mol. The van der Waals surface area contributed by atoms with Crippen LogP contribution in [0.4, 0.5) is 0 Å². The van der Waals surface area contributed by atoms with Gasteiger partial charge in [0.1, 0.15) is 12.0 Å². The predicted octanol–water partition coefficient (Wildman–Crippen LogP) is 2.61. The number of aldehydes is 1. The van der Waals surface area contributed by atoms with Gasteiger partial charge in [-0.3, -0.25) is 4.79 Å². The summed E-state index contributed by atoms with van der Waals surface area (Å²) in [5.41, 5.74) is 0.681. The Morgan fingerprint density at radius 3 is 2.35 bits per heavy atom. The standard InChI is InChI=1S/C14H21NO2/c1-3-15(4-2)10-5-11-17-14-8-6-13(12-16)7-9-14/h6-9,12H,3-5,10-11H2,1-2H3. The maximum Gasteiger partial charge on any atom is 0.150 e. The molecule has 0 aliphatic heterocycles. The Balaban J connectivity index is 2.23. The molecule has 0 bridgehead atoms. The summed E-state index contributed by atoms with van der Waals surface area (Å²) in [4.78, 5) is 12.8. The fourth-order valence-electron chi connectivity index (χ4n) is 1.66. The van der Waals surface area contributed by atoms with E-state index in [1.54, 1.807) is 12.1 Å². The molecule has 1 rings (SSSR count). The summed E-state index contributed by atoms with van der Waals surface area (Å²) in [7, 11) is 0. The van der Waals surface area contributed by atoms with E-state index in [-0.39, 0.29) is 0 Å². The Morgan fingerprint density at radius 1 is 1.18 bits per heavy atom. The van der Waals surface area contributed by atoms with Crippen LogP contribution in [0.25, 0.3) is 0 Å². The molecule has 0 atom stereocenters. The van der Waals surface area contributed by atoms with Crippen molar-refractivity contribution in [2.45, 2.75) is 20.3 Å². The van der Waals surface area contributed by atoms with Crippen molar-refractivity contribution in [2.75, 3.05) is 26.2 Å². The highest BCUT2D eigenvalue weighted by molar-refractivity contribution is 5.74. The smallest absolute Gasteiger partial charge is 0.150 e.